The molecule has 3 heterocycles. The highest BCUT2D eigenvalue weighted by Crippen LogP contribution is 2.37. The molecule has 1 atom stereocenters. The molecule has 1 amide bonds. The van der Waals surface area contributed by atoms with Crippen LogP contribution >= 0.6 is 11.3 Å². The second-order valence-electron chi connectivity index (χ2n) is 8.23. The molecule has 5 aromatic rings. The number of nitrogens with zero attached hydrogens (tertiary/aromatic N) is 2. The predicted molar refractivity (Wildman–Crippen MR) is 139 cm³/mol. The fraction of sp³-hybridized carbons (Fsp3) is 0.111. The molecule has 0 spiro atoms. The molecule has 1 unspecified atom stereocenters. The number of nitrogens with one attached hydrogen (secondary N) is 1. The zero-order chi connectivity index (χ0) is 24.5. The van der Waals surface area contributed by atoms with E-state index >= 15 is 0 Å². The highest BCUT2D eigenvalue weighted by atomic mass is 32.1. The largest absolute Gasteiger partial charge is 0.455 e. The Kier molecular flexibility index (Phi) is 5.88. The summed E-state index contributed by atoms with van der Waals surface area (Å²) < 4.78 is 6.54. The molecule has 0 bridgehead atoms. The summed E-state index contributed by atoms with van der Waals surface area (Å²) in [6.45, 7) is 3.87. The van der Waals surface area contributed by atoms with Crippen LogP contribution in [0.15, 0.2) is 81.7 Å². The lowest BCUT2D eigenvalue weighted by Gasteiger charge is -2.20. The number of rotatable bonds is 6. The van der Waals surface area contributed by atoms with Crippen molar-refractivity contribution in [2.45, 2.75) is 19.9 Å². The molecule has 8 heteroatoms. The van der Waals surface area contributed by atoms with Crippen LogP contribution in [0.4, 0.5) is 5.69 Å². The van der Waals surface area contributed by atoms with Crippen LogP contribution < -0.4 is 16.5 Å². The molecule has 35 heavy (non-hydrogen) atoms. The Balaban J connectivity index is 1.74. The van der Waals surface area contributed by atoms with E-state index in [0.29, 0.717) is 28.0 Å². The molecular formula is C27H22N4O3S. The topological polar surface area (TPSA) is 111 Å². The molecule has 0 aliphatic rings. The van der Waals surface area contributed by atoms with Crippen molar-refractivity contribution in [2.75, 3.05) is 5.32 Å². The molecule has 3 N–H and O–H groups in total. The fourth-order valence-electron chi connectivity index (χ4n) is 4.18. The number of hydrogen-bond donors (Lipinski definition) is 2. The molecule has 0 radical (unpaired) electrons. The van der Waals surface area contributed by atoms with Gasteiger partial charge in [0.05, 0.1) is 33.1 Å². The third kappa shape index (κ3) is 4.20. The molecule has 0 saturated heterocycles. The van der Waals surface area contributed by atoms with Gasteiger partial charge in [-0.15, -0.1) is 11.3 Å². The van der Waals surface area contributed by atoms with Gasteiger partial charge in [-0.3, -0.25) is 14.6 Å². The van der Waals surface area contributed by atoms with Gasteiger partial charge < -0.3 is 15.5 Å². The van der Waals surface area contributed by atoms with Crippen molar-refractivity contribution in [3.63, 3.8) is 0 Å². The predicted octanol–water partition coefficient (Wildman–Crippen LogP) is 5.56. The first-order valence-corrected chi connectivity index (χ1v) is 11.9. The van der Waals surface area contributed by atoms with Crippen molar-refractivity contribution in [3.8, 4) is 21.8 Å². The van der Waals surface area contributed by atoms with E-state index in [9.17, 15) is 9.59 Å². The highest BCUT2D eigenvalue weighted by molar-refractivity contribution is 7.13. The van der Waals surface area contributed by atoms with Gasteiger partial charge >= 0.3 is 0 Å². The van der Waals surface area contributed by atoms with Crippen molar-refractivity contribution in [3.05, 3.63) is 99.5 Å². The lowest BCUT2D eigenvalue weighted by molar-refractivity contribution is 0.0996. The minimum Gasteiger partial charge on any atom is -0.455 e. The van der Waals surface area contributed by atoms with Crippen LogP contribution in [0.5, 0.6) is 0 Å². The SMILES string of the molecule is Cc1cc(C(C)Nc2cccnc2C(N)=O)c2oc(-c3ccccc3)c(-c3cncs3)c(=O)c2c1. The zero-order valence-corrected chi connectivity index (χ0v) is 19.9. The van der Waals surface area contributed by atoms with Crippen LogP contribution in [0, 0.1) is 6.92 Å². The Labute approximate surface area is 205 Å². The average molecular weight is 483 g/mol. The van der Waals surface area contributed by atoms with Crippen LogP contribution in [-0.4, -0.2) is 15.9 Å². The Morgan fingerprint density at radius 1 is 1.14 bits per heavy atom. The van der Waals surface area contributed by atoms with Crippen LogP contribution in [0.2, 0.25) is 0 Å². The van der Waals surface area contributed by atoms with Gasteiger partial charge in [-0.05, 0) is 37.6 Å². The molecule has 2 aromatic carbocycles. The maximum atomic E-state index is 13.9. The molecule has 174 valence electrons. The van der Waals surface area contributed by atoms with Crippen LogP contribution in [0.3, 0.4) is 0 Å². The van der Waals surface area contributed by atoms with Gasteiger partial charge in [0, 0.05) is 23.5 Å². The average Bonchev–Trinajstić information content (AvgIpc) is 3.39. The quantitative estimate of drug-likeness (QED) is 0.328. The van der Waals surface area contributed by atoms with Crippen LogP contribution in [0.1, 0.15) is 34.6 Å². The Morgan fingerprint density at radius 3 is 2.66 bits per heavy atom. The summed E-state index contributed by atoms with van der Waals surface area (Å²) in [6, 6.07) is 16.5. The van der Waals surface area contributed by atoms with Gasteiger partial charge in [0.1, 0.15) is 11.3 Å². The van der Waals surface area contributed by atoms with Crippen molar-refractivity contribution in [1.29, 1.82) is 0 Å². The third-order valence-corrected chi connectivity index (χ3v) is 6.55. The summed E-state index contributed by atoms with van der Waals surface area (Å²) in [5, 5.41) is 3.80. The molecule has 0 saturated carbocycles. The number of carbonyl (C=O) groups excluding carboxylic acids is 1. The number of pyridine rings is 1. The van der Waals surface area contributed by atoms with E-state index in [0.717, 1.165) is 21.6 Å². The third-order valence-electron chi connectivity index (χ3n) is 5.76. The van der Waals surface area contributed by atoms with E-state index in [1.54, 1.807) is 23.8 Å². The molecule has 3 aromatic heterocycles. The Hall–Kier alpha value is -4.30. The van der Waals surface area contributed by atoms with E-state index < -0.39 is 5.91 Å². The number of hydrogen-bond acceptors (Lipinski definition) is 7. The number of nitrogens with two attached hydrogens (primary N) is 1. The van der Waals surface area contributed by atoms with E-state index in [4.69, 9.17) is 10.2 Å². The monoisotopic (exact) mass is 482 g/mol. The number of amides is 1. The van der Waals surface area contributed by atoms with E-state index in [2.05, 4.69) is 15.3 Å². The van der Waals surface area contributed by atoms with Gasteiger partial charge in [0.2, 0.25) is 5.43 Å². The summed E-state index contributed by atoms with van der Waals surface area (Å²) in [5.41, 5.74) is 11.2. The second kappa shape index (κ2) is 9.15. The first-order valence-electron chi connectivity index (χ1n) is 11.0. The van der Waals surface area contributed by atoms with E-state index in [1.165, 1.54) is 17.5 Å². The summed E-state index contributed by atoms with van der Waals surface area (Å²) in [5.74, 6) is -0.134. The fourth-order valence-corrected chi connectivity index (χ4v) is 4.84. The van der Waals surface area contributed by atoms with Gasteiger partial charge in [0.25, 0.3) is 5.91 Å². The summed E-state index contributed by atoms with van der Waals surface area (Å²) >= 11 is 1.39. The number of thiazole rings is 1. The van der Waals surface area contributed by atoms with Crippen molar-refractivity contribution in [1.82, 2.24) is 9.97 Å². The van der Waals surface area contributed by atoms with Gasteiger partial charge in [0.15, 0.2) is 5.69 Å². The van der Waals surface area contributed by atoms with Crippen LogP contribution in [0.25, 0.3) is 32.7 Å². The first-order chi connectivity index (χ1) is 16.9. The molecule has 0 aliphatic heterocycles. The van der Waals surface area contributed by atoms with Crippen molar-refractivity contribution < 1.29 is 9.21 Å². The number of anilines is 1. The molecule has 7 nitrogen and oxygen atoms in total. The van der Waals surface area contributed by atoms with Crippen LogP contribution in [-0.2, 0) is 0 Å². The number of fused-ring (bicyclic) bond motifs is 1. The lowest BCUT2D eigenvalue weighted by Crippen LogP contribution is -2.18. The molecule has 0 fully saturated rings. The van der Waals surface area contributed by atoms with E-state index in [1.807, 2.05) is 56.3 Å². The standard InChI is InChI=1S/C27H22N4O3S/c1-15-11-18(16(2)31-20-9-6-10-30-23(20)27(28)33)26-19(12-15)24(32)22(21-13-29-14-35-21)25(34-26)17-7-4-3-5-8-17/h3-14,16,31H,1-2H3,(H2,28,33). The zero-order valence-electron chi connectivity index (χ0n) is 19.1. The minimum atomic E-state index is -0.624. The van der Waals surface area contributed by atoms with Gasteiger partial charge in [-0.25, -0.2) is 4.98 Å². The van der Waals surface area contributed by atoms with Crippen molar-refractivity contribution in [2.24, 2.45) is 5.73 Å². The lowest BCUT2D eigenvalue weighted by atomic mass is 9.98. The number of benzene rings is 2. The molecule has 5 rings (SSSR count). The summed E-state index contributed by atoms with van der Waals surface area (Å²) in [7, 11) is 0. The number of primary amides is 1. The van der Waals surface area contributed by atoms with Gasteiger partial charge in [-0.1, -0.05) is 36.4 Å². The van der Waals surface area contributed by atoms with Gasteiger partial charge in [-0.2, -0.15) is 0 Å². The number of aromatic nitrogens is 2. The summed E-state index contributed by atoms with van der Waals surface area (Å²) in [6.07, 6.45) is 3.20. The molecule has 0 aliphatic carbocycles. The molecular weight excluding hydrogens is 460 g/mol. The Bertz CT molecular complexity index is 1590. The number of aryl methyl sites for hydroxylation is 1. The number of carbonyl (C=O) groups is 1. The first kappa shape index (κ1) is 22.5. The highest BCUT2D eigenvalue weighted by Gasteiger charge is 2.23. The normalized spacial score (nSPS) is 11.9. The minimum absolute atomic E-state index is 0.120. The smallest absolute Gasteiger partial charge is 0.269 e. The van der Waals surface area contributed by atoms with E-state index in [-0.39, 0.29) is 17.2 Å². The van der Waals surface area contributed by atoms with Crippen molar-refractivity contribution >= 4 is 33.9 Å². The Morgan fingerprint density at radius 2 is 1.94 bits per heavy atom. The maximum absolute atomic E-state index is 13.9. The summed E-state index contributed by atoms with van der Waals surface area (Å²) in [4.78, 5) is 34.7. The maximum Gasteiger partial charge on any atom is 0.269 e. The second-order valence-corrected chi connectivity index (χ2v) is 9.11.